The summed E-state index contributed by atoms with van der Waals surface area (Å²) in [6.45, 7) is 3.44. The molecule has 1 aromatic carbocycles. The molecule has 3 amide bonds. The highest BCUT2D eigenvalue weighted by atomic mass is 32.2. The Balaban J connectivity index is 1.38. The molecular formula is C23H35N5O5S. The fraction of sp³-hybridized carbons (Fsp3) is 0.652. The van der Waals surface area contributed by atoms with Crippen LogP contribution in [0.3, 0.4) is 0 Å². The number of piperidine rings is 1. The molecule has 188 valence electrons. The van der Waals surface area contributed by atoms with E-state index in [4.69, 9.17) is 9.88 Å². The van der Waals surface area contributed by atoms with Crippen molar-refractivity contribution in [3.05, 3.63) is 23.8 Å². The predicted molar refractivity (Wildman–Crippen MR) is 128 cm³/mol. The van der Waals surface area contributed by atoms with Gasteiger partial charge in [-0.1, -0.05) is 19.3 Å². The molecule has 2 heterocycles. The van der Waals surface area contributed by atoms with E-state index < -0.39 is 10.0 Å². The van der Waals surface area contributed by atoms with Crippen LogP contribution in [0.25, 0.3) is 0 Å². The van der Waals surface area contributed by atoms with Gasteiger partial charge in [0.2, 0.25) is 10.0 Å². The third-order valence-corrected chi connectivity index (χ3v) is 7.85. The van der Waals surface area contributed by atoms with Crippen molar-refractivity contribution >= 4 is 27.6 Å². The Bertz CT molecular complexity index is 981. The van der Waals surface area contributed by atoms with Crippen molar-refractivity contribution in [2.24, 2.45) is 5.14 Å². The van der Waals surface area contributed by atoms with Crippen LogP contribution in [0, 0.1) is 0 Å². The molecule has 3 fully saturated rings. The molecule has 4 rings (SSSR count). The lowest BCUT2D eigenvalue weighted by Crippen LogP contribution is -2.51. The topological polar surface area (TPSA) is 134 Å². The van der Waals surface area contributed by atoms with Crippen molar-refractivity contribution in [2.45, 2.75) is 61.9 Å². The van der Waals surface area contributed by atoms with E-state index >= 15 is 0 Å². The number of ether oxygens (including phenoxy) is 1. The molecule has 4 N–H and O–H groups in total. The van der Waals surface area contributed by atoms with Crippen LogP contribution in [-0.4, -0.2) is 76.7 Å². The minimum Gasteiger partial charge on any atom is -0.378 e. The number of nitrogens with one attached hydrogen (secondary N) is 2. The van der Waals surface area contributed by atoms with Crippen molar-refractivity contribution in [2.75, 3.05) is 44.3 Å². The Kier molecular flexibility index (Phi) is 7.95. The number of hydrogen-bond acceptors (Lipinski definition) is 6. The van der Waals surface area contributed by atoms with Crippen LogP contribution in [0.15, 0.2) is 23.1 Å². The van der Waals surface area contributed by atoms with Gasteiger partial charge in [0.05, 0.1) is 23.7 Å². The average molecular weight is 494 g/mol. The van der Waals surface area contributed by atoms with E-state index in [9.17, 15) is 18.0 Å². The summed E-state index contributed by atoms with van der Waals surface area (Å²) in [5.74, 6) is -0.336. The smallest absolute Gasteiger partial charge is 0.317 e. The molecule has 34 heavy (non-hydrogen) atoms. The molecule has 0 atom stereocenters. The summed E-state index contributed by atoms with van der Waals surface area (Å²) >= 11 is 0. The number of anilines is 1. The van der Waals surface area contributed by atoms with Gasteiger partial charge in [-0.2, -0.15) is 0 Å². The van der Waals surface area contributed by atoms with Gasteiger partial charge in [-0.15, -0.1) is 0 Å². The first-order valence-electron chi connectivity index (χ1n) is 12.2. The zero-order chi connectivity index (χ0) is 24.1. The fourth-order valence-corrected chi connectivity index (χ4v) is 5.50. The van der Waals surface area contributed by atoms with Crippen molar-refractivity contribution in [3.8, 4) is 0 Å². The monoisotopic (exact) mass is 493 g/mol. The number of rotatable bonds is 5. The maximum atomic E-state index is 13.2. The molecule has 1 aliphatic carbocycles. The van der Waals surface area contributed by atoms with Crippen molar-refractivity contribution in [3.63, 3.8) is 0 Å². The number of nitrogens with two attached hydrogens (primary N) is 1. The van der Waals surface area contributed by atoms with E-state index in [-0.39, 0.29) is 34.5 Å². The number of carbonyl (C=O) groups excluding carboxylic acids is 2. The fourth-order valence-electron chi connectivity index (χ4n) is 4.96. The largest absolute Gasteiger partial charge is 0.378 e. The Morgan fingerprint density at radius 2 is 1.56 bits per heavy atom. The minimum atomic E-state index is -3.94. The number of carbonyl (C=O) groups is 2. The van der Waals surface area contributed by atoms with Crippen LogP contribution in [-0.2, 0) is 14.8 Å². The van der Waals surface area contributed by atoms with Crippen molar-refractivity contribution in [1.82, 2.24) is 15.5 Å². The summed E-state index contributed by atoms with van der Waals surface area (Å²) < 4.78 is 29.2. The molecule has 2 aliphatic heterocycles. The van der Waals surface area contributed by atoms with Crippen LogP contribution in [0.4, 0.5) is 10.5 Å². The van der Waals surface area contributed by atoms with Gasteiger partial charge in [-0.05, 0) is 43.9 Å². The zero-order valence-corrected chi connectivity index (χ0v) is 20.3. The van der Waals surface area contributed by atoms with Gasteiger partial charge in [0.1, 0.15) is 0 Å². The van der Waals surface area contributed by atoms with Gasteiger partial charge in [0, 0.05) is 44.0 Å². The van der Waals surface area contributed by atoms with Crippen LogP contribution in [0.5, 0.6) is 0 Å². The maximum Gasteiger partial charge on any atom is 0.317 e. The predicted octanol–water partition coefficient (Wildman–Crippen LogP) is 1.41. The van der Waals surface area contributed by atoms with Crippen LogP contribution in [0.2, 0.25) is 0 Å². The van der Waals surface area contributed by atoms with Gasteiger partial charge < -0.3 is 25.2 Å². The molecule has 0 bridgehead atoms. The van der Waals surface area contributed by atoms with Crippen molar-refractivity contribution < 1.29 is 22.7 Å². The molecule has 0 aromatic heterocycles. The molecular weight excluding hydrogens is 458 g/mol. The van der Waals surface area contributed by atoms with E-state index in [1.807, 2.05) is 9.80 Å². The molecule has 0 unspecified atom stereocenters. The zero-order valence-electron chi connectivity index (χ0n) is 19.5. The highest BCUT2D eigenvalue weighted by Gasteiger charge is 2.28. The van der Waals surface area contributed by atoms with Gasteiger partial charge in [0.25, 0.3) is 5.91 Å². The van der Waals surface area contributed by atoms with Gasteiger partial charge in [0.15, 0.2) is 0 Å². The van der Waals surface area contributed by atoms with Crippen molar-refractivity contribution in [1.29, 1.82) is 0 Å². The lowest BCUT2D eigenvalue weighted by atomic mass is 9.95. The van der Waals surface area contributed by atoms with Crippen LogP contribution >= 0.6 is 0 Å². The lowest BCUT2D eigenvalue weighted by Gasteiger charge is -2.34. The number of benzene rings is 1. The first-order chi connectivity index (χ1) is 16.3. The second-order valence-electron chi connectivity index (χ2n) is 9.34. The number of urea groups is 1. The van der Waals surface area contributed by atoms with Crippen LogP contribution in [0.1, 0.15) is 55.3 Å². The summed E-state index contributed by atoms with van der Waals surface area (Å²) in [5.41, 5.74) is 0.948. The Hall–Kier alpha value is -2.37. The molecule has 3 aliphatic rings. The highest BCUT2D eigenvalue weighted by Crippen LogP contribution is 2.26. The summed E-state index contributed by atoms with van der Waals surface area (Å²) in [4.78, 5) is 29.6. The van der Waals surface area contributed by atoms with Crippen LogP contribution < -0.4 is 20.7 Å². The molecule has 1 aromatic rings. The summed E-state index contributed by atoms with van der Waals surface area (Å²) in [5, 5.41) is 11.5. The summed E-state index contributed by atoms with van der Waals surface area (Å²) in [6.07, 6.45) is 6.95. The second-order valence-corrected chi connectivity index (χ2v) is 10.9. The van der Waals surface area contributed by atoms with Gasteiger partial charge >= 0.3 is 6.03 Å². The number of nitrogens with zero attached hydrogens (tertiary/aromatic N) is 2. The average Bonchev–Trinajstić information content (AvgIpc) is 2.84. The second kappa shape index (κ2) is 10.9. The van der Waals surface area contributed by atoms with Gasteiger partial charge in [-0.3, -0.25) is 4.79 Å². The summed E-state index contributed by atoms with van der Waals surface area (Å²) in [6, 6.07) is 4.57. The third kappa shape index (κ3) is 6.19. The highest BCUT2D eigenvalue weighted by molar-refractivity contribution is 7.89. The van der Waals surface area contributed by atoms with E-state index in [2.05, 4.69) is 10.6 Å². The number of primary sulfonamides is 1. The van der Waals surface area contributed by atoms with Gasteiger partial charge in [-0.25, -0.2) is 18.4 Å². The first-order valence-corrected chi connectivity index (χ1v) is 13.7. The van der Waals surface area contributed by atoms with E-state index in [0.717, 1.165) is 25.7 Å². The maximum absolute atomic E-state index is 13.2. The van der Waals surface area contributed by atoms with E-state index in [1.54, 1.807) is 6.07 Å². The Morgan fingerprint density at radius 1 is 0.912 bits per heavy atom. The normalized spacial score (nSPS) is 20.7. The first kappa shape index (κ1) is 24.7. The Morgan fingerprint density at radius 3 is 2.21 bits per heavy atom. The number of sulfonamides is 1. The molecule has 11 heteroatoms. The summed E-state index contributed by atoms with van der Waals surface area (Å²) in [7, 11) is -3.94. The number of amides is 3. The number of morpholine rings is 1. The van der Waals surface area contributed by atoms with E-state index in [1.165, 1.54) is 18.6 Å². The molecule has 0 spiro atoms. The molecule has 1 saturated carbocycles. The Labute approximate surface area is 201 Å². The van der Waals surface area contributed by atoms with E-state index in [0.29, 0.717) is 57.9 Å². The molecule has 0 radical (unpaired) electrons. The molecule has 10 nitrogen and oxygen atoms in total. The molecule has 2 saturated heterocycles. The minimum absolute atomic E-state index is 0.0212. The third-order valence-electron chi connectivity index (χ3n) is 6.94. The number of hydrogen-bond donors (Lipinski definition) is 3. The quantitative estimate of drug-likeness (QED) is 0.568. The lowest BCUT2D eigenvalue weighted by molar-refractivity contribution is 0.0916. The number of likely N-dealkylation sites (tertiary alicyclic amines) is 1. The standard InChI is InChI=1S/C23H35N5O5S/c24-34(31,32)19-6-7-21(27-12-14-33-15-13-27)20(16-19)22(29)25-18-8-10-28(11-9-18)23(30)26-17-4-2-1-3-5-17/h6-7,16-18H,1-5,8-15H2,(H,25,29)(H,26,30)(H2,24,31,32). The SMILES string of the molecule is NS(=O)(=O)c1ccc(N2CCOCC2)c(C(=O)NC2CCN(C(=O)NC3CCCCC3)CC2)c1.